The Kier molecular flexibility index (Phi) is 2.91. The number of hydrogen-bond acceptors (Lipinski definition) is 4. The van der Waals surface area contributed by atoms with Crippen LogP contribution < -0.4 is 5.90 Å². The van der Waals surface area contributed by atoms with Gasteiger partial charge in [0.05, 0.1) is 6.61 Å². The molecule has 0 aliphatic heterocycles. The molecule has 0 heterocycles. The zero-order valence-electron chi connectivity index (χ0n) is 4.07. The highest BCUT2D eigenvalue weighted by molar-refractivity contribution is 7.85. The van der Waals surface area contributed by atoms with Gasteiger partial charge in [-0.2, -0.15) is 8.42 Å². The van der Waals surface area contributed by atoms with Crippen molar-refractivity contribution in [2.45, 2.75) is 0 Å². The van der Waals surface area contributed by atoms with E-state index in [-0.39, 0.29) is 6.61 Å². The van der Waals surface area contributed by atoms with Gasteiger partial charge in [-0.05, 0) is 0 Å². The van der Waals surface area contributed by atoms with Crippen molar-refractivity contribution < 1.29 is 17.8 Å². The predicted molar refractivity (Wildman–Crippen MR) is 26.6 cm³/mol. The summed E-state index contributed by atoms with van der Waals surface area (Å²) in [5.74, 6) is 4.01. The summed E-state index contributed by atoms with van der Waals surface area (Å²) >= 11 is 0. The van der Waals surface area contributed by atoms with Gasteiger partial charge in [0.15, 0.2) is 0 Å². The van der Waals surface area contributed by atoms with E-state index in [1.165, 1.54) is 0 Å². The van der Waals surface area contributed by atoms with Gasteiger partial charge in [0.25, 0.3) is 10.1 Å². The van der Waals surface area contributed by atoms with E-state index >= 15 is 0 Å². The quantitative estimate of drug-likeness (QED) is 0.379. The van der Waals surface area contributed by atoms with Crippen molar-refractivity contribution in [3.05, 3.63) is 0 Å². The number of hydrogen-bond donors (Lipinski definition) is 2. The summed E-state index contributed by atoms with van der Waals surface area (Å²) in [6.45, 7) is -0.182. The molecule has 0 rings (SSSR count). The van der Waals surface area contributed by atoms with Crippen LogP contribution in [-0.4, -0.2) is 25.3 Å². The van der Waals surface area contributed by atoms with Crippen LogP contribution in [0.2, 0.25) is 0 Å². The van der Waals surface area contributed by atoms with Crippen LogP contribution in [0, 0.1) is 0 Å². The molecule has 0 spiro atoms. The summed E-state index contributed by atoms with van der Waals surface area (Å²) in [5.41, 5.74) is 0. The molecule has 5 nitrogen and oxygen atoms in total. The highest BCUT2D eigenvalue weighted by Gasteiger charge is 2.01. The highest BCUT2D eigenvalue weighted by atomic mass is 32.2. The summed E-state index contributed by atoms with van der Waals surface area (Å²) < 4.78 is 27.6. The summed E-state index contributed by atoms with van der Waals surface area (Å²) in [5, 5.41) is 0. The minimum Gasteiger partial charge on any atom is -0.303 e. The number of nitrogens with two attached hydrogens (primary N) is 1. The van der Waals surface area contributed by atoms with E-state index in [1.54, 1.807) is 0 Å². The minimum absolute atomic E-state index is 0.182. The van der Waals surface area contributed by atoms with E-state index < -0.39 is 15.9 Å². The van der Waals surface area contributed by atoms with Crippen molar-refractivity contribution in [2.24, 2.45) is 5.90 Å². The Bertz CT molecular complexity index is 138. The van der Waals surface area contributed by atoms with Gasteiger partial charge in [0.2, 0.25) is 0 Å². The van der Waals surface area contributed by atoms with Crippen LogP contribution in [0.4, 0.5) is 0 Å². The molecule has 0 aliphatic carbocycles. The summed E-state index contributed by atoms with van der Waals surface area (Å²) in [4.78, 5) is 3.88. The topological polar surface area (TPSA) is 89.6 Å². The molecular weight excluding hydrogens is 134 g/mol. The molecule has 0 unspecified atom stereocenters. The molecular formula is C2H7NO4S. The lowest BCUT2D eigenvalue weighted by molar-refractivity contribution is 0.152. The van der Waals surface area contributed by atoms with Gasteiger partial charge in [0, 0.05) is 0 Å². The van der Waals surface area contributed by atoms with Crippen molar-refractivity contribution >= 4 is 10.1 Å². The molecule has 0 aliphatic rings. The first-order valence-electron chi connectivity index (χ1n) is 1.83. The molecule has 3 N–H and O–H groups in total. The monoisotopic (exact) mass is 141 g/mol. The Balaban J connectivity index is 3.42. The second-order valence-electron chi connectivity index (χ2n) is 1.16. The van der Waals surface area contributed by atoms with Gasteiger partial charge in [-0.1, -0.05) is 0 Å². The molecule has 0 radical (unpaired) electrons. The maximum atomic E-state index is 9.81. The molecule has 0 aromatic heterocycles. The van der Waals surface area contributed by atoms with Gasteiger partial charge in [0.1, 0.15) is 5.75 Å². The van der Waals surface area contributed by atoms with Gasteiger partial charge >= 0.3 is 0 Å². The van der Waals surface area contributed by atoms with Gasteiger partial charge in [-0.3, -0.25) is 4.55 Å². The van der Waals surface area contributed by atoms with Crippen molar-refractivity contribution in [1.29, 1.82) is 0 Å². The van der Waals surface area contributed by atoms with Crippen molar-refractivity contribution in [3.8, 4) is 0 Å². The third-order valence-corrected chi connectivity index (χ3v) is 1.14. The van der Waals surface area contributed by atoms with Gasteiger partial charge < -0.3 is 4.84 Å². The average molecular weight is 141 g/mol. The summed E-state index contributed by atoms with van der Waals surface area (Å²) in [7, 11) is -3.89. The minimum atomic E-state index is -3.89. The van der Waals surface area contributed by atoms with E-state index in [0.29, 0.717) is 0 Å². The molecule has 0 aromatic rings. The van der Waals surface area contributed by atoms with Crippen LogP contribution in [0.3, 0.4) is 0 Å². The van der Waals surface area contributed by atoms with Crippen LogP contribution in [0.15, 0.2) is 0 Å². The van der Waals surface area contributed by atoms with E-state index in [4.69, 9.17) is 4.55 Å². The first kappa shape index (κ1) is 7.83. The first-order chi connectivity index (χ1) is 3.56. The van der Waals surface area contributed by atoms with Gasteiger partial charge in [-0.15, -0.1) is 0 Å². The fraction of sp³-hybridized carbons (Fsp3) is 1.00. The lowest BCUT2D eigenvalue weighted by atomic mass is 10.9. The van der Waals surface area contributed by atoms with E-state index in [9.17, 15) is 8.42 Å². The van der Waals surface area contributed by atoms with Crippen LogP contribution >= 0.6 is 0 Å². The molecule has 0 amide bonds. The Morgan fingerprint density at radius 1 is 1.62 bits per heavy atom. The molecule has 0 atom stereocenters. The lowest BCUT2D eigenvalue weighted by Gasteiger charge is -1.91. The summed E-state index contributed by atoms with van der Waals surface area (Å²) in [6.07, 6.45) is 0. The standard InChI is InChI=1S/C2H7NO4S/c3-7-1-2-8(4,5)6/h1-3H2,(H,4,5,6). The zero-order valence-corrected chi connectivity index (χ0v) is 4.89. The largest absolute Gasteiger partial charge is 0.303 e. The Hall–Kier alpha value is -0.170. The Morgan fingerprint density at radius 2 is 2.12 bits per heavy atom. The highest BCUT2D eigenvalue weighted by Crippen LogP contribution is 1.78. The molecule has 6 heteroatoms. The average Bonchev–Trinajstić information content (AvgIpc) is 1.59. The van der Waals surface area contributed by atoms with E-state index in [2.05, 4.69) is 10.7 Å². The second kappa shape index (κ2) is 2.98. The number of rotatable bonds is 3. The maximum Gasteiger partial charge on any atom is 0.267 e. The van der Waals surface area contributed by atoms with Gasteiger partial charge in [-0.25, -0.2) is 5.90 Å². The van der Waals surface area contributed by atoms with Crippen LogP contribution in [0.1, 0.15) is 0 Å². The second-order valence-corrected chi connectivity index (χ2v) is 2.73. The normalized spacial score (nSPS) is 11.8. The molecule has 0 fully saturated rings. The fourth-order valence-corrected chi connectivity index (χ4v) is 0.460. The van der Waals surface area contributed by atoms with Crippen molar-refractivity contribution in [3.63, 3.8) is 0 Å². The molecule has 0 saturated heterocycles. The molecule has 0 aromatic carbocycles. The van der Waals surface area contributed by atoms with Crippen LogP contribution in [-0.2, 0) is 15.0 Å². The smallest absolute Gasteiger partial charge is 0.267 e. The third kappa shape index (κ3) is 5.83. The van der Waals surface area contributed by atoms with Crippen molar-refractivity contribution in [1.82, 2.24) is 0 Å². The van der Waals surface area contributed by atoms with Crippen LogP contribution in [0.5, 0.6) is 0 Å². The molecule has 0 bridgehead atoms. The van der Waals surface area contributed by atoms with E-state index in [1.807, 2.05) is 0 Å². The van der Waals surface area contributed by atoms with Crippen molar-refractivity contribution in [2.75, 3.05) is 12.4 Å². The molecule has 50 valence electrons. The lowest BCUT2D eigenvalue weighted by Crippen LogP contribution is -2.13. The first-order valence-corrected chi connectivity index (χ1v) is 3.44. The maximum absolute atomic E-state index is 9.81. The Labute approximate surface area is 47.1 Å². The summed E-state index contributed by atoms with van der Waals surface area (Å²) in [6, 6.07) is 0. The SMILES string of the molecule is NOCCS(=O)(=O)O. The van der Waals surface area contributed by atoms with E-state index in [0.717, 1.165) is 0 Å². The molecule has 8 heavy (non-hydrogen) atoms. The molecule has 0 saturated carbocycles. The predicted octanol–water partition coefficient (Wildman–Crippen LogP) is -1.24. The fourth-order valence-electron chi connectivity index (χ4n) is 0.153. The third-order valence-electron chi connectivity index (χ3n) is 0.459. The zero-order chi connectivity index (χ0) is 6.62. The van der Waals surface area contributed by atoms with Crippen LogP contribution in [0.25, 0.3) is 0 Å². The Morgan fingerprint density at radius 3 is 2.25 bits per heavy atom.